The molecule has 0 saturated heterocycles. The molecule has 2 saturated carbocycles. The Labute approximate surface area is 359 Å². The van der Waals surface area contributed by atoms with Crippen molar-refractivity contribution < 1.29 is 0 Å². The Morgan fingerprint density at radius 2 is 0.754 bits per heavy atom. The van der Waals surface area contributed by atoms with E-state index < -0.39 is 0 Å². The van der Waals surface area contributed by atoms with E-state index in [2.05, 4.69) is 181 Å². The summed E-state index contributed by atoms with van der Waals surface area (Å²) in [5, 5.41) is 7.80. The summed E-state index contributed by atoms with van der Waals surface area (Å²) in [4.78, 5) is 2.71. The van der Waals surface area contributed by atoms with Crippen molar-refractivity contribution in [1.82, 2.24) is 0 Å². The van der Waals surface area contributed by atoms with Crippen molar-refractivity contribution in [1.29, 1.82) is 0 Å². The van der Waals surface area contributed by atoms with Gasteiger partial charge in [-0.1, -0.05) is 146 Å². The van der Waals surface area contributed by atoms with E-state index in [0.717, 1.165) is 0 Å². The minimum atomic E-state index is 0.649. The number of anilines is 3. The Morgan fingerprint density at radius 1 is 0.311 bits per heavy atom. The molecule has 9 aromatic rings. The van der Waals surface area contributed by atoms with Crippen LogP contribution >= 0.6 is 0 Å². The predicted molar refractivity (Wildman–Crippen MR) is 258 cm³/mol. The van der Waals surface area contributed by atoms with Crippen molar-refractivity contribution >= 4 is 49.4 Å². The second kappa shape index (κ2) is 14.1. The molecule has 0 radical (unpaired) electrons. The summed E-state index contributed by atoms with van der Waals surface area (Å²) in [6, 6.07) is 66.6. The van der Waals surface area contributed by atoms with Gasteiger partial charge in [-0.2, -0.15) is 0 Å². The number of rotatable bonds is 6. The SMILES string of the molecule is c1ccc2c(-c3ccc(N(c4ccc(-c5ccc(-c6cc7ccccc7c7ccccc67)cc5)cc4)c4c5c(cc6c4C4CCC6CC4)C4CCC5CC4)cc3)cccc2c1. The van der Waals surface area contributed by atoms with E-state index in [4.69, 9.17) is 0 Å². The van der Waals surface area contributed by atoms with Crippen LogP contribution in [-0.2, 0) is 0 Å². The van der Waals surface area contributed by atoms with E-state index in [1.807, 2.05) is 0 Å². The molecule has 0 aromatic heterocycles. The van der Waals surface area contributed by atoms with Gasteiger partial charge in [-0.3, -0.25) is 0 Å². The summed E-state index contributed by atoms with van der Waals surface area (Å²) < 4.78 is 0. The van der Waals surface area contributed by atoms with E-state index in [1.54, 1.807) is 27.9 Å². The van der Waals surface area contributed by atoms with E-state index in [-0.39, 0.29) is 0 Å². The molecule has 4 bridgehead atoms. The molecular weight excluding hydrogens is 735 g/mol. The molecule has 0 heterocycles. The van der Waals surface area contributed by atoms with E-state index in [1.165, 1.54) is 128 Å². The Morgan fingerprint density at radius 3 is 1.38 bits per heavy atom. The van der Waals surface area contributed by atoms with Gasteiger partial charge in [0.1, 0.15) is 0 Å². The van der Waals surface area contributed by atoms with Gasteiger partial charge in [0.05, 0.1) is 5.69 Å². The zero-order chi connectivity index (χ0) is 40.0. The van der Waals surface area contributed by atoms with Gasteiger partial charge < -0.3 is 4.90 Å². The van der Waals surface area contributed by atoms with Crippen molar-refractivity contribution in [3.05, 3.63) is 198 Å². The first-order valence-corrected chi connectivity index (χ1v) is 22.9. The van der Waals surface area contributed by atoms with Crippen molar-refractivity contribution in [2.45, 2.75) is 75.0 Å². The van der Waals surface area contributed by atoms with E-state index in [0.29, 0.717) is 23.7 Å². The summed E-state index contributed by atoms with van der Waals surface area (Å²) in [5.41, 5.74) is 18.4. The van der Waals surface area contributed by atoms with Crippen LogP contribution in [-0.4, -0.2) is 0 Å². The molecule has 1 nitrogen and oxygen atoms in total. The lowest BCUT2D eigenvalue weighted by Gasteiger charge is -2.48. The van der Waals surface area contributed by atoms with Crippen LogP contribution in [0.15, 0.2) is 176 Å². The minimum absolute atomic E-state index is 0.649. The van der Waals surface area contributed by atoms with Gasteiger partial charge in [0.2, 0.25) is 0 Å². The normalized spacial score (nSPS) is 19.9. The molecule has 6 aliphatic rings. The van der Waals surface area contributed by atoms with Crippen LogP contribution in [0.5, 0.6) is 0 Å². The summed E-state index contributed by atoms with van der Waals surface area (Å²) >= 11 is 0. The summed E-state index contributed by atoms with van der Waals surface area (Å²) in [6.45, 7) is 0. The highest BCUT2D eigenvalue weighted by molar-refractivity contribution is 6.13. The summed E-state index contributed by atoms with van der Waals surface area (Å²) in [6.07, 6.45) is 10.7. The van der Waals surface area contributed by atoms with Crippen LogP contribution in [0.3, 0.4) is 0 Å². The van der Waals surface area contributed by atoms with Gasteiger partial charge in [-0.15, -0.1) is 0 Å². The third-order valence-electron chi connectivity index (χ3n) is 15.5. The van der Waals surface area contributed by atoms with Crippen LogP contribution in [0.25, 0.3) is 65.7 Å². The smallest absolute Gasteiger partial charge is 0.0536 e. The first-order valence-electron chi connectivity index (χ1n) is 22.9. The standard InChI is InChI=1S/C60H49N/c1-3-11-50-40(8-1)10-7-15-51(50)41-30-34-49(35-31-41)61(60-58-45-24-20-43(21-25-45)56(58)37-57-44-22-26-46(27-23-44)59(57)60)48-32-28-39(29-33-48)38-16-18-42(19-17-38)55-36-47-9-2-4-12-52(47)53-13-5-6-14-54(53)55/h1-19,28-37,43-46H,20-27H2. The molecular formula is C60H49N. The molecule has 61 heavy (non-hydrogen) atoms. The second-order valence-corrected chi connectivity index (χ2v) is 18.6. The number of hydrogen-bond donors (Lipinski definition) is 0. The topological polar surface area (TPSA) is 3.24 Å². The van der Waals surface area contributed by atoms with Gasteiger partial charge in [0.25, 0.3) is 0 Å². The van der Waals surface area contributed by atoms with Gasteiger partial charge in [-0.05, 0) is 193 Å². The molecule has 1 heteroatoms. The van der Waals surface area contributed by atoms with Gasteiger partial charge in [0, 0.05) is 11.4 Å². The molecule has 0 unspecified atom stereocenters. The highest BCUT2D eigenvalue weighted by atomic mass is 15.1. The maximum absolute atomic E-state index is 2.75. The third kappa shape index (κ3) is 5.66. The zero-order valence-corrected chi connectivity index (χ0v) is 34.7. The number of hydrogen-bond acceptors (Lipinski definition) is 1. The molecule has 0 aliphatic heterocycles. The molecule has 0 N–H and O–H groups in total. The lowest BCUT2D eigenvalue weighted by Crippen LogP contribution is -2.31. The Balaban J connectivity index is 0.932. The molecule has 0 atom stereocenters. The Hall–Kier alpha value is -6.44. The third-order valence-corrected chi connectivity index (χ3v) is 15.5. The van der Waals surface area contributed by atoms with Crippen LogP contribution in [0.1, 0.15) is 97.3 Å². The van der Waals surface area contributed by atoms with Gasteiger partial charge in [-0.25, -0.2) is 0 Å². The predicted octanol–water partition coefficient (Wildman–Crippen LogP) is 17.1. The first-order chi connectivity index (χ1) is 30.2. The van der Waals surface area contributed by atoms with Crippen LogP contribution in [0.2, 0.25) is 0 Å². The Bertz CT molecular complexity index is 3090. The van der Waals surface area contributed by atoms with Crippen molar-refractivity contribution in [2.24, 2.45) is 0 Å². The number of benzene rings is 9. The summed E-state index contributed by atoms with van der Waals surface area (Å²) in [7, 11) is 0. The average Bonchev–Trinajstić information content (AvgIpc) is 3.34. The fourth-order valence-corrected chi connectivity index (χ4v) is 12.5. The van der Waals surface area contributed by atoms with Crippen molar-refractivity contribution in [3.8, 4) is 33.4 Å². The second-order valence-electron chi connectivity index (χ2n) is 18.6. The summed E-state index contributed by atoms with van der Waals surface area (Å²) in [5.74, 6) is 2.71. The van der Waals surface area contributed by atoms with Gasteiger partial charge in [0.15, 0.2) is 0 Å². The molecule has 294 valence electrons. The van der Waals surface area contributed by atoms with Crippen molar-refractivity contribution in [3.63, 3.8) is 0 Å². The molecule has 9 aromatic carbocycles. The minimum Gasteiger partial charge on any atom is -0.310 e. The fourth-order valence-electron chi connectivity index (χ4n) is 12.5. The van der Waals surface area contributed by atoms with Crippen molar-refractivity contribution in [2.75, 3.05) is 4.90 Å². The first kappa shape index (κ1) is 35.3. The maximum atomic E-state index is 2.75. The molecule has 2 fully saturated rings. The van der Waals surface area contributed by atoms with Crippen LogP contribution in [0.4, 0.5) is 17.1 Å². The highest BCUT2D eigenvalue weighted by Gasteiger charge is 2.43. The van der Waals surface area contributed by atoms with E-state index >= 15 is 0 Å². The zero-order valence-electron chi connectivity index (χ0n) is 34.7. The molecule has 0 spiro atoms. The number of nitrogens with zero attached hydrogens (tertiary/aromatic N) is 1. The highest BCUT2D eigenvalue weighted by Crippen LogP contribution is 2.61. The quantitative estimate of drug-likeness (QED) is 0.152. The monoisotopic (exact) mass is 783 g/mol. The number of fused-ring (bicyclic) bond motifs is 8. The molecule has 0 amide bonds. The Kier molecular flexibility index (Phi) is 8.15. The van der Waals surface area contributed by atoms with E-state index in [9.17, 15) is 0 Å². The van der Waals surface area contributed by atoms with Crippen LogP contribution in [0, 0.1) is 0 Å². The van der Waals surface area contributed by atoms with Gasteiger partial charge >= 0.3 is 0 Å². The van der Waals surface area contributed by atoms with Crippen LogP contribution < -0.4 is 4.90 Å². The lowest BCUT2D eigenvalue weighted by atomic mass is 9.60. The largest absolute Gasteiger partial charge is 0.310 e. The maximum Gasteiger partial charge on any atom is 0.0536 e. The molecule has 6 aliphatic carbocycles. The average molecular weight is 784 g/mol. The molecule has 15 rings (SSSR count). The fraction of sp³-hybridized carbons (Fsp3) is 0.200. The lowest BCUT2D eigenvalue weighted by molar-refractivity contribution is 0.342.